The van der Waals surface area contributed by atoms with Gasteiger partial charge >= 0.3 is 12.1 Å². The Labute approximate surface area is 272 Å². The van der Waals surface area contributed by atoms with Crippen LogP contribution in [0.4, 0.5) is 4.79 Å². The van der Waals surface area contributed by atoms with E-state index >= 15 is 0 Å². The average molecular weight is 630 g/mol. The van der Waals surface area contributed by atoms with Crippen LogP contribution in [0.5, 0.6) is 0 Å². The molecule has 0 aromatic heterocycles. The van der Waals surface area contributed by atoms with Gasteiger partial charge in [-0.05, 0) is 70.7 Å². The summed E-state index contributed by atoms with van der Waals surface area (Å²) in [5, 5.41) is 5.61. The maximum atomic E-state index is 14.3. The maximum Gasteiger partial charge on any atom is 0.408 e. The molecule has 0 fully saturated rings. The van der Waals surface area contributed by atoms with Gasteiger partial charge in [0.15, 0.2) is 0 Å². The van der Waals surface area contributed by atoms with Gasteiger partial charge in [-0.15, -0.1) is 0 Å². The first-order chi connectivity index (χ1) is 21.5. The van der Waals surface area contributed by atoms with Crippen molar-refractivity contribution in [1.82, 2.24) is 15.5 Å². The summed E-state index contributed by atoms with van der Waals surface area (Å²) in [5.74, 6) is -1.65. The zero-order valence-electron chi connectivity index (χ0n) is 28.1. The van der Waals surface area contributed by atoms with E-state index in [0.29, 0.717) is 5.56 Å². The molecule has 3 rings (SSSR count). The van der Waals surface area contributed by atoms with E-state index in [1.54, 1.807) is 53.7 Å². The minimum absolute atomic E-state index is 0.167. The van der Waals surface area contributed by atoms with Gasteiger partial charge in [0, 0.05) is 19.9 Å². The van der Waals surface area contributed by atoms with Gasteiger partial charge in [0.05, 0.1) is 0 Å². The lowest BCUT2D eigenvalue weighted by Crippen LogP contribution is -2.54. The van der Waals surface area contributed by atoms with Crippen molar-refractivity contribution < 1.29 is 28.7 Å². The van der Waals surface area contributed by atoms with Crippen LogP contribution in [-0.2, 0) is 36.7 Å². The lowest BCUT2D eigenvalue weighted by molar-refractivity contribution is -0.159. The molecule has 3 aromatic carbocycles. The average Bonchev–Trinajstić information content (AvgIpc) is 2.96. The summed E-state index contributed by atoms with van der Waals surface area (Å²) in [4.78, 5) is 56.1. The topological polar surface area (TPSA) is 114 Å². The molecule has 0 heterocycles. The van der Waals surface area contributed by atoms with Crippen molar-refractivity contribution >= 4 is 23.9 Å². The van der Waals surface area contributed by atoms with Crippen LogP contribution in [0.1, 0.15) is 69.8 Å². The molecule has 0 aliphatic carbocycles. The first-order valence-corrected chi connectivity index (χ1v) is 15.5. The minimum atomic E-state index is -1.13. The largest absolute Gasteiger partial charge is 0.458 e. The molecule has 3 unspecified atom stereocenters. The number of benzene rings is 3. The Balaban J connectivity index is 2.00. The third-order valence-corrected chi connectivity index (χ3v) is 7.03. The van der Waals surface area contributed by atoms with E-state index in [1.807, 2.05) is 79.7 Å². The Bertz CT molecular complexity index is 1480. The quantitative estimate of drug-likeness (QED) is 0.263. The van der Waals surface area contributed by atoms with E-state index < -0.39 is 53.2 Å². The second-order valence-corrected chi connectivity index (χ2v) is 13.4. The summed E-state index contributed by atoms with van der Waals surface area (Å²) in [5.41, 5.74) is 1.44. The molecule has 0 radical (unpaired) electrons. The normalized spacial score (nSPS) is 13.5. The highest BCUT2D eigenvalue weighted by atomic mass is 16.6. The number of rotatable bonds is 11. The molecule has 2 N–H and O–H groups in total. The van der Waals surface area contributed by atoms with Gasteiger partial charge in [-0.2, -0.15) is 0 Å². The summed E-state index contributed by atoms with van der Waals surface area (Å²) in [6, 6.07) is 22.7. The number of aryl methyl sites for hydroxylation is 1. The second kappa shape index (κ2) is 15.6. The first-order valence-electron chi connectivity index (χ1n) is 15.5. The van der Waals surface area contributed by atoms with Crippen molar-refractivity contribution in [2.24, 2.45) is 0 Å². The van der Waals surface area contributed by atoms with Gasteiger partial charge in [0.1, 0.15) is 29.3 Å². The number of esters is 1. The Morgan fingerprint density at radius 1 is 0.674 bits per heavy atom. The zero-order valence-corrected chi connectivity index (χ0v) is 28.1. The van der Waals surface area contributed by atoms with E-state index in [4.69, 9.17) is 9.47 Å². The summed E-state index contributed by atoms with van der Waals surface area (Å²) < 4.78 is 11.2. The van der Waals surface area contributed by atoms with Crippen LogP contribution < -0.4 is 10.6 Å². The number of nitrogens with one attached hydrogen (secondary N) is 2. The van der Waals surface area contributed by atoms with Crippen molar-refractivity contribution in [3.05, 3.63) is 107 Å². The fraction of sp³-hybridized carbons (Fsp3) is 0.405. The number of carbonyl (C=O) groups excluding carboxylic acids is 4. The van der Waals surface area contributed by atoms with Crippen molar-refractivity contribution in [3.63, 3.8) is 0 Å². The van der Waals surface area contributed by atoms with Crippen molar-refractivity contribution in [2.75, 3.05) is 7.05 Å². The number of nitrogens with zero attached hydrogens (tertiary/aromatic N) is 1. The maximum absolute atomic E-state index is 14.3. The van der Waals surface area contributed by atoms with Crippen LogP contribution in [-0.4, -0.2) is 59.1 Å². The number of likely N-dealkylation sites (N-methyl/N-ethyl adjacent to an activating group) is 1. The lowest BCUT2D eigenvalue weighted by atomic mass is 9.97. The molecule has 246 valence electrons. The van der Waals surface area contributed by atoms with Crippen molar-refractivity contribution in [1.29, 1.82) is 0 Å². The Morgan fingerprint density at radius 2 is 1.15 bits per heavy atom. The lowest BCUT2D eigenvalue weighted by Gasteiger charge is -2.33. The molecular formula is C37H47N3O6. The molecule has 0 aliphatic rings. The standard InChI is InChI=1S/C37H47N3O6/c1-25-17-15-16-22-28(25)31(32(41)38-30(34(43)45-36(2,3)4)24-27-20-13-10-14-21-27)40(8)33(42)29(23-26-18-11-9-12-19-26)39-35(44)46-37(5,6)7/h9-22,29-31H,23-24H2,1-8H3,(H,38,41)(H,39,44). The zero-order chi connectivity index (χ0) is 34.1. The van der Waals surface area contributed by atoms with Gasteiger partial charge < -0.3 is 25.0 Å². The van der Waals surface area contributed by atoms with E-state index in [9.17, 15) is 19.2 Å². The monoisotopic (exact) mass is 629 g/mol. The SMILES string of the molecule is Cc1ccccc1C(C(=O)NC(Cc1ccccc1)C(=O)OC(C)(C)C)N(C)C(=O)C(Cc1ccccc1)NC(=O)OC(C)(C)C. The highest BCUT2D eigenvalue weighted by Gasteiger charge is 2.37. The molecule has 9 nitrogen and oxygen atoms in total. The van der Waals surface area contributed by atoms with E-state index in [2.05, 4.69) is 10.6 Å². The van der Waals surface area contributed by atoms with Crippen LogP contribution in [0, 0.1) is 6.92 Å². The smallest absolute Gasteiger partial charge is 0.408 e. The molecule has 3 aromatic rings. The fourth-order valence-corrected chi connectivity index (χ4v) is 4.96. The molecule has 0 saturated heterocycles. The molecule has 46 heavy (non-hydrogen) atoms. The molecular weight excluding hydrogens is 582 g/mol. The van der Waals surface area contributed by atoms with Crippen molar-refractivity contribution in [2.45, 2.75) is 90.6 Å². The highest BCUT2D eigenvalue weighted by Crippen LogP contribution is 2.25. The fourth-order valence-electron chi connectivity index (χ4n) is 4.96. The van der Waals surface area contributed by atoms with Gasteiger partial charge in [-0.25, -0.2) is 9.59 Å². The molecule has 0 bridgehead atoms. The third-order valence-electron chi connectivity index (χ3n) is 7.03. The third kappa shape index (κ3) is 11.1. The van der Waals surface area contributed by atoms with E-state index in [0.717, 1.165) is 16.7 Å². The highest BCUT2D eigenvalue weighted by molar-refractivity contribution is 5.94. The number of hydrogen-bond donors (Lipinski definition) is 2. The van der Waals surface area contributed by atoms with Crippen molar-refractivity contribution in [3.8, 4) is 0 Å². The van der Waals surface area contributed by atoms with Gasteiger partial charge in [-0.1, -0.05) is 84.9 Å². The Kier molecular flexibility index (Phi) is 12.1. The molecule has 0 spiro atoms. The Morgan fingerprint density at radius 3 is 1.65 bits per heavy atom. The Hall–Kier alpha value is -4.66. The van der Waals surface area contributed by atoms with E-state index in [1.165, 1.54) is 11.9 Å². The summed E-state index contributed by atoms with van der Waals surface area (Å²) in [7, 11) is 1.52. The van der Waals surface area contributed by atoms with Gasteiger partial charge in [-0.3, -0.25) is 9.59 Å². The summed E-state index contributed by atoms with van der Waals surface area (Å²) in [6.45, 7) is 12.4. The molecule has 3 amide bonds. The first kappa shape index (κ1) is 35.8. The van der Waals surface area contributed by atoms with E-state index in [-0.39, 0.29) is 12.8 Å². The predicted molar refractivity (Wildman–Crippen MR) is 178 cm³/mol. The van der Waals surface area contributed by atoms with Crippen LogP contribution in [0.15, 0.2) is 84.9 Å². The van der Waals surface area contributed by atoms with Crippen LogP contribution >= 0.6 is 0 Å². The number of carbonyl (C=O) groups is 4. The second-order valence-electron chi connectivity index (χ2n) is 13.4. The number of ether oxygens (including phenoxy) is 2. The summed E-state index contributed by atoms with van der Waals surface area (Å²) in [6.07, 6.45) is -0.393. The number of alkyl carbamates (subject to hydrolysis) is 1. The molecule has 0 saturated carbocycles. The van der Waals surface area contributed by atoms with Gasteiger partial charge in [0.25, 0.3) is 0 Å². The van der Waals surface area contributed by atoms with Crippen LogP contribution in [0.3, 0.4) is 0 Å². The number of amides is 3. The van der Waals surface area contributed by atoms with Crippen LogP contribution in [0.2, 0.25) is 0 Å². The minimum Gasteiger partial charge on any atom is -0.458 e. The molecule has 9 heteroatoms. The van der Waals surface area contributed by atoms with Crippen LogP contribution in [0.25, 0.3) is 0 Å². The number of hydrogen-bond acceptors (Lipinski definition) is 6. The molecule has 0 aliphatic heterocycles. The molecule has 3 atom stereocenters. The van der Waals surface area contributed by atoms with Gasteiger partial charge in [0.2, 0.25) is 11.8 Å². The predicted octanol–water partition coefficient (Wildman–Crippen LogP) is 5.70. The summed E-state index contributed by atoms with van der Waals surface area (Å²) >= 11 is 0.